The SMILES string of the molecule is C=C(C)C.C=c1/c(=C\C)ccn1CCCNC(=O)C1CCC1. The van der Waals surface area contributed by atoms with Crippen LogP contribution in [0.15, 0.2) is 24.4 Å². The van der Waals surface area contributed by atoms with Gasteiger partial charge >= 0.3 is 0 Å². The molecule has 1 aromatic heterocycles. The average Bonchev–Trinajstić information content (AvgIpc) is 2.73. The lowest BCUT2D eigenvalue weighted by atomic mass is 9.85. The Hall–Kier alpha value is -1.77. The predicted octanol–water partition coefficient (Wildman–Crippen LogP) is 2.59. The number of aromatic nitrogens is 1. The molecule has 1 N–H and O–H groups in total. The van der Waals surface area contributed by atoms with Crippen LogP contribution in [0.1, 0.15) is 46.5 Å². The number of carbonyl (C=O) groups is 1. The number of nitrogens with zero attached hydrogens (tertiary/aromatic N) is 1. The van der Waals surface area contributed by atoms with Gasteiger partial charge in [0.1, 0.15) is 0 Å². The Morgan fingerprint density at radius 2 is 2.09 bits per heavy atom. The fraction of sp³-hybridized carbons (Fsp3) is 0.526. The highest BCUT2D eigenvalue weighted by Gasteiger charge is 2.24. The van der Waals surface area contributed by atoms with E-state index < -0.39 is 0 Å². The molecule has 3 nitrogen and oxygen atoms in total. The second kappa shape index (κ2) is 9.29. The third kappa shape index (κ3) is 5.92. The van der Waals surface area contributed by atoms with Gasteiger partial charge in [-0.15, -0.1) is 6.58 Å². The molecule has 1 heterocycles. The van der Waals surface area contributed by atoms with Gasteiger partial charge in [0.25, 0.3) is 0 Å². The Balaban J connectivity index is 0.000000541. The summed E-state index contributed by atoms with van der Waals surface area (Å²) in [6, 6.07) is 2.08. The molecule has 1 saturated carbocycles. The van der Waals surface area contributed by atoms with Crippen molar-refractivity contribution in [3.8, 4) is 0 Å². The molecule has 1 aliphatic carbocycles. The molecule has 0 unspecified atom stereocenters. The summed E-state index contributed by atoms with van der Waals surface area (Å²) < 4.78 is 2.14. The molecule has 0 aliphatic heterocycles. The van der Waals surface area contributed by atoms with Crippen LogP contribution in [0.3, 0.4) is 0 Å². The Morgan fingerprint density at radius 3 is 2.55 bits per heavy atom. The van der Waals surface area contributed by atoms with Crippen LogP contribution < -0.4 is 15.9 Å². The molecule has 1 aliphatic rings. The number of carbonyl (C=O) groups excluding carboxylic acids is 1. The first-order valence-electron chi connectivity index (χ1n) is 8.16. The van der Waals surface area contributed by atoms with Crippen molar-refractivity contribution in [2.45, 2.75) is 53.0 Å². The van der Waals surface area contributed by atoms with E-state index in [4.69, 9.17) is 0 Å². The molecule has 22 heavy (non-hydrogen) atoms. The minimum Gasteiger partial charge on any atom is -0.356 e. The summed E-state index contributed by atoms with van der Waals surface area (Å²) >= 11 is 0. The van der Waals surface area contributed by atoms with E-state index >= 15 is 0 Å². The van der Waals surface area contributed by atoms with Crippen molar-refractivity contribution in [2.24, 2.45) is 5.92 Å². The molecule has 0 spiro atoms. The minimum absolute atomic E-state index is 0.242. The van der Waals surface area contributed by atoms with E-state index in [1.165, 1.54) is 17.2 Å². The van der Waals surface area contributed by atoms with Gasteiger partial charge in [0.15, 0.2) is 0 Å². The fourth-order valence-corrected chi connectivity index (χ4v) is 2.27. The van der Waals surface area contributed by atoms with Gasteiger partial charge in [0.2, 0.25) is 5.91 Å². The van der Waals surface area contributed by atoms with E-state index in [0.717, 1.165) is 37.7 Å². The smallest absolute Gasteiger partial charge is 0.223 e. The van der Waals surface area contributed by atoms with Crippen LogP contribution in [-0.2, 0) is 11.3 Å². The second-order valence-electron chi connectivity index (χ2n) is 6.18. The Bertz CT molecular complexity index is 589. The van der Waals surface area contributed by atoms with Gasteiger partial charge in [0.05, 0.1) is 0 Å². The molecule has 0 aromatic carbocycles. The third-order valence-corrected chi connectivity index (χ3v) is 3.78. The Morgan fingerprint density at radius 1 is 1.45 bits per heavy atom. The van der Waals surface area contributed by atoms with E-state index in [-0.39, 0.29) is 5.91 Å². The highest BCUT2D eigenvalue weighted by Crippen LogP contribution is 2.25. The third-order valence-electron chi connectivity index (χ3n) is 3.78. The van der Waals surface area contributed by atoms with Gasteiger partial charge in [-0.3, -0.25) is 4.79 Å². The zero-order valence-electron chi connectivity index (χ0n) is 14.3. The lowest BCUT2D eigenvalue weighted by Crippen LogP contribution is -2.35. The number of rotatable bonds is 5. The fourth-order valence-electron chi connectivity index (χ4n) is 2.27. The molecule has 1 amide bonds. The molecule has 0 atom stereocenters. The number of hydrogen-bond donors (Lipinski definition) is 1. The van der Waals surface area contributed by atoms with Crippen molar-refractivity contribution in [1.29, 1.82) is 0 Å². The summed E-state index contributed by atoms with van der Waals surface area (Å²) in [6.07, 6.45) is 8.44. The molecule has 122 valence electrons. The van der Waals surface area contributed by atoms with Crippen LogP contribution >= 0.6 is 0 Å². The Labute approximate surface area is 134 Å². The molecule has 1 fully saturated rings. The first-order chi connectivity index (χ1) is 10.5. The van der Waals surface area contributed by atoms with Crippen molar-refractivity contribution < 1.29 is 4.79 Å². The van der Waals surface area contributed by atoms with Crippen LogP contribution in [0.4, 0.5) is 0 Å². The van der Waals surface area contributed by atoms with Gasteiger partial charge in [-0.05, 0) is 51.3 Å². The number of amides is 1. The van der Waals surface area contributed by atoms with Crippen molar-refractivity contribution in [1.82, 2.24) is 9.88 Å². The second-order valence-corrected chi connectivity index (χ2v) is 6.18. The van der Waals surface area contributed by atoms with Crippen molar-refractivity contribution in [3.05, 3.63) is 35.0 Å². The van der Waals surface area contributed by atoms with Gasteiger partial charge < -0.3 is 9.88 Å². The molecule has 3 heteroatoms. The average molecular weight is 302 g/mol. The van der Waals surface area contributed by atoms with Crippen molar-refractivity contribution in [3.63, 3.8) is 0 Å². The summed E-state index contributed by atoms with van der Waals surface area (Å²) in [5.74, 6) is 0.535. The highest BCUT2D eigenvalue weighted by molar-refractivity contribution is 5.79. The quantitative estimate of drug-likeness (QED) is 0.658. The van der Waals surface area contributed by atoms with Gasteiger partial charge in [-0.1, -0.05) is 24.6 Å². The molecular formula is C19H30N2O. The summed E-state index contributed by atoms with van der Waals surface area (Å²) in [5.41, 5.74) is 1.17. The van der Waals surface area contributed by atoms with Crippen LogP contribution in [0.5, 0.6) is 0 Å². The van der Waals surface area contributed by atoms with Crippen LogP contribution in [0, 0.1) is 5.92 Å². The number of allylic oxidation sites excluding steroid dienone is 1. The summed E-state index contributed by atoms with van der Waals surface area (Å²) in [5, 5.41) is 5.26. The first-order valence-corrected chi connectivity index (χ1v) is 8.16. The van der Waals surface area contributed by atoms with Gasteiger partial charge in [-0.2, -0.15) is 0 Å². The lowest BCUT2D eigenvalue weighted by Gasteiger charge is -2.24. The molecule has 0 saturated heterocycles. The topological polar surface area (TPSA) is 34.0 Å². The van der Waals surface area contributed by atoms with E-state index in [2.05, 4.69) is 41.4 Å². The van der Waals surface area contributed by atoms with Crippen molar-refractivity contribution in [2.75, 3.05) is 6.54 Å². The maximum Gasteiger partial charge on any atom is 0.223 e. The largest absolute Gasteiger partial charge is 0.356 e. The van der Waals surface area contributed by atoms with E-state index in [0.29, 0.717) is 5.92 Å². The predicted molar refractivity (Wildman–Crippen MR) is 94.8 cm³/mol. The number of aryl methyl sites for hydroxylation is 1. The number of hydrogen-bond acceptors (Lipinski definition) is 1. The van der Waals surface area contributed by atoms with Crippen LogP contribution in [-0.4, -0.2) is 17.0 Å². The molecule has 0 radical (unpaired) electrons. The molecule has 2 rings (SSSR count). The van der Waals surface area contributed by atoms with E-state index in [1.54, 1.807) is 0 Å². The maximum absolute atomic E-state index is 11.6. The van der Waals surface area contributed by atoms with E-state index in [9.17, 15) is 4.79 Å². The number of nitrogens with one attached hydrogen (secondary N) is 1. The monoisotopic (exact) mass is 302 g/mol. The lowest BCUT2D eigenvalue weighted by molar-refractivity contribution is -0.127. The molecule has 1 aromatic rings. The summed E-state index contributed by atoms with van der Waals surface area (Å²) in [6.45, 7) is 15.3. The Kier molecular flexibility index (Phi) is 7.72. The maximum atomic E-state index is 11.6. The zero-order chi connectivity index (χ0) is 16.5. The van der Waals surface area contributed by atoms with Gasteiger partial charge in [-0.25, -0.2) is 0 Å². The highest BCUT2D eigenvalue weighted by atomic mass is 16.1. The molecular weight excluding hydrogens is 272 g/mol. The summed E-state index contributed by atoms with van der Waals surface area (Å²) in [7, 11) is 0. The van der Waals surface area contributed by atoms with Crippen molar-refractivity contribution >= 4 is 18.6 Å². The zero-order valence-corrected chi connectivity index (χ0v) is 14.3. The van der Waals surface area contributed by atoms with Gasteiger partial charge in [0, 0.05) is 30.6 Å². The first kappa shape index (κ1) is 18.3. The summed E-state index contributed by atoms with van der Waals surface area (Å²) in [4.78, 5) is 11.6. The minimum atomic E-state index is 0.242. The molecule has 0 bridgehead atoms. The standard InChI is InChI=1S/C15H22N2O.C4H8/c1-3-13-8-11-17(12(13)2)10-5-9-16-15(18)14-6-4-7-14;1-4(2)3/h3,8,11,14H,2,4-7,9-10H2,1H3,(H,16,18);1H2,2-3H3/b13-3-;. The van der Waals surface area contributed by atoms with E-state index in [1.807, 2.05) is 20.8 Å². The van der Waals surface area contributed by atoms with Crippen LogP contribution in [0.25, 0.3) is 12.7 Å². The van der Waals surface area contributed by atoms with Crippen LogP contribution in [0.2, 0.25) is 0 Å². The normalized spacial score (nSPS) is 14.8.